The number of furan rings is 1. The fraction of sp³-hybridized carbons (Fsp3) is 0.273. The first-order valence-corrected chi connectivity index (χ1v) is 4.62. The van der Waals surface area contributed by atoms with E-state index in [0.29, 0.717) is 5.92 Å². The maximum Gasteiger partial charge on any atom is 0.117 e. The predicted molar refractivity (Wildman–Crippen MR) is 51.8 cm³/mol. The zero-order chi connectivity index (χ0) is 8.67. The smallest absolute Gasteiger partial charge is 0.117 e. The number of nitrogens with one attached hydrogen (secondary N) is 1. The van der Waals surface area contributed by atoms with E-state index in [1.54, 1.807) is 0 Å². The van der Waals surface area contributed by atoms with Crippen LogP contribution in [-0.4, -0.2) is 13.1 Å². The van der Waals surface area contributed by atoms with E-state index >= 15 is 0 Å². The van der Waals surface area contributed by atoms with E-state index in [1.165, 1.54) is 10.8 Å². The Kier molecular flexibility index (Phi) is 1.43. The number of hydrogen-bond acceptors (Lipinski definition) is 2. The molecular formula is C11H11NO. The van der Waals surface area contributed by atoms with Crippen LogP contribution in [-0.2, 0) is 0 Å². The van der Waals surface area contributed by atoms with Gasteiger partial charge in [-0.05, 0) is 0 Å². The molecule has 66 valence electrons. The van der Waals surface area contributed by atoms with Crippen LogP contribution in [0.25, 0.3) is 10.8 Å². The van der Waals surface area contributed by atoms with Crippen LogP contribution in [0.2, 0.25) is 0 Å². The van der Waals surface area contributed by atoms with Crippen LogP contribution in [0, 0.1) is 0 Å². The van der Waals surface area contributed by atoms with Crippen molar-refractivity contribution in [2.75, 3.05) is 13.1 Å². The average molecular weight is 173 g/mol. The highest BCUT2D eigenvalue weighted by molar-refractivity contribution is 5.84. The minimum Gasteiger partial charge on any atom is -0.468 e. The third kappa shape index (κ3) is 0.988. The Hall–Kier alpha value is -1.28. The zero-order valence-electron chi connectivity index (χ0n) is 7.29. The van der Waals surface area contributed by atoms with E-state index in [-0.39, 0.29) is 0 Å². The summed E-state index contributed by atoms with van der Waals surface area (Å²) in [6.07, 6.45) is 1.85. The number of fused-ring (bicyclic) bond motifs is 1. The molecule has 1 saturated heterocycles. The van der Waals surface area contributed by atoms with Gasteiger partial charge in [0.25, 0.3) is 0 Å². The molecule has 2 nitrogen and oxygen atoms in total. The molecule has 1 aliphatic rings. The Labute approximate surface area is 76.5 Å². The predicted octanol–water partition coefficient (Wildman–Crippen LogP) is 2.12. The molecule has 1 aromatic carbocycles. The molecule has 2 aromatic rings. The first-order chi connectivity index (χ1) is 6.45. The van der Waals surface area contributed by atoms with E-state index in [2.05, 4.69) is 23.5 Å². The van der Waals surface area contributed by atoms with Crippen molar-refractivity contribution in [1.29, 1.82) is 0 Å². The van der Waals surface area contributed by atoms with Crippen LogP contribution in [0.15, 0.2) is 34.9 Å². The first-order valence-electron chi connectivity index (χ1n) is 4.62. The molecule has 2 heteroatoms. The topological polar surface area (TPSA) is 25.2 Å². The van der Waals surface area contributed by atoms with Crippen molar-refractivity contribution in [2.45, 2.75) is 5.92 Å². The lowest BCUT2D eigenvalue weighted by Crippen LogP contribution is -2.39. The van der Waals surface area contributed by atoms with Gasteiger partial charge in [0.05, 0.1) is 6.26 Å². The summed E-state index contributed by atoms with van der Waals surface area (Å²) in [6.45, 7) is 2.11. The van der Waals surface area contributed by atoms with Gasteiger partial charge in [-0.2, -0.15) is 0 Å². The third-order valence-electron chi connectivity index (χ3n) is 2.69. The standard InChI is InChI=1S/C11H11NO/c1-2-4-10-8(3-1)7-13-11(10)9-5-12-6-9/h1-4,7,9,12H,5-6H2. The molecule has 0 atom stereocenters. The summed E-state index contributed by atoms with van der Waals surface area (Å²) >= 11 is 0. The fourth-order valence-corrected chi connectivity index (χ4v) is 1.80. The van der Waals surface area contributed by atoms with E-state index in [0.717, 1.165) is 18.8 Å². The molecule has 0 bridgehead atoms. The lowest BCUT2D eigenvalue weighted by molar-refractivity contribution is 0.373. The van der Waals surface area contributed by atoms with Crippen molar-refractivity contribution in [1.82, 2.24) is 5.32 Å². The summed E-state index contributed by atoms with van der Waals surface area (Å²) in [4.78, 5) is 0. The van der Waals surface area contributed by atoms with Gasteiger partial charge in [0.2, 0.25) is 0 Å². The Bertz CT molecular complexity index is 428. The van der Waals surface area contributed by atoms with Gasteiger partial charge in [0.1, 0.15) is 5.76 Å². The Balaban J connectivity index is 2.17. The monoisotopic (exact) mass is 173 g/mol. The second-order valence-electron chi connectivity index (χ2n) is 3.54. The van der Waals surface area contributed by atoms with E-state index in [1.807, 2.05) is 12.3 Å². The van der Waals surface area contributed by atoms with Crippen LogP contribution >= 0.6 is 0 Å². The Morgan fingerprint density at radius 2 is 2.08 bits per heavy atom. The normalized spacial score (nSPS) is 17.5. The van der Waals surface area contributed by atoms with Crippen LogP contribution in [0.5, 0.6) is 0 Å². The minimum absolute atomic E-state index is 0.583. The maximum absolute atomic E-state index is 5.58. The van der Waals surface area contributed by atoms with Gasteiger partial charge in [-0.15, -0.1) is 0 Å². The highest BCUT2D eigenvalue weighted by Crippen LogP contribution is 2.29. The van der Waals surface area contributed by atoms with E-state index in [9.17, 15) is 0 Å². The molecule has 1 N–H and O–H groups in total. The van der Waals surface area contributed by atoms with Gasteiger partial charge in [-0.25, -0.2) is 0 Å². The lowest BCUT2D eigenvalue weighted by Gasteiger charge is -2.25. The third-order valence-corrected chi connectivity index (χ3v) is 2.69. The molecule has 0 saturated carbocycles. The molecule has 13 heavy (non-hydrogen) atoms. The average Bonchev–Trinajstić information content (AvgIpc) is 2.47. The fourth-order valence-electron chi connectivity index (χ4n) is 1.80. The van der Waals surface area contributed by atoms with Gasteiger partial charge in [0, 0.05) is 29.8 Å². The quantitative estimate of drug-likeness (QED) is 0.714. The van der Waals surface area contributed by atoms with Crippen LogP contribution < -0.4 is 5.32 Å². The summed E-state index contributed by atoms with van der Waals surface area (Å²) < 4.78 is 5.58. The molecule has 0 unspecified atom stereocenters. The first kappa shape index (κ1) is 7.15. The van der Waals surface area contributed by atoms with Crippen molar-refractivity contribution < 1.29 is 4.42 Å². The summed E-state index contributed by atoms with van der Waals surface area (Å²) in [5, 5.41) is 5.74. The Morgan fingerprint density at radius 1 is 1.23 bits per heavy atom. The highest BCUT2D eigenvalue weighted by Gasteiger charge is 2.23. The zero-order valence-corrected chi connectivity index (χ0v) is 7.29. The van der Waals surface area contributed by atoms with Crippen molar-refractivity contribution in [3.05, 3.63) is 36.3 Å². The molecule has 3 rings (SSSR count). The van der Waals surface area contributed by atoms with Crippen molar-refractivity contribution in [3.63, 3.8) is 0 Å². The number of benzene rings is 1. The molecule has 1 aromatic heterocycles. The number of hydrogen-bond donors (Lipinski definition) is 1. The van der Waals surface area contributed by atoms with Gasteiger partial charge >= 0.3 is 0 Å². The maximum atomic E-state index is 5.58. The van der Waals surface area contributed by atoms with Crippen molar-refractivity contribution in [2.24, 2.45) is 0 Å². The highest BCUT2D eigenvalue weighted by atomic mass is 16.3. The minimum atomic E-state index is 0.583. The Morgan fingerprint density at radius 3 is 2.85 bits per heavy atom. The summed E-state index contributed by atoms with van der Waals surface area (Å²) in [6, 6.07) is 8.33. The van der Waals surface area contributed by atoms with Crippen LogP contribution in [0.4, 0.5) is 0 Å². The summed E-state index contributed by atoms with van der Waals surface area (Å²) in [7, 11) is 0. The van der Waals surface area contributed by atoms with Gasteiger partial charge in [-0.3, -0.25) is 0 Å². The molecule has 0 aliphatic carbocycles. The second kappa shape index (κ2) is 2.60. The van der Waals surface area contributed by atoms with Gasteiger partial charge in [-0.1, -0.05) is 24.3 Å². The van der Waals surface area contributed by atoms with E-state index < -0.39 is 0 Å². The molecule has 1 fully saturated rings. The SMILES string of the molecule is c1ccc2c(C3CNC3)occ2c1. The number of rotatable bonds is 1. The summed E-state index contributed by atoms with van der Waals surface area (Å²) in [5.74, 6) is 1.73. The van der Waals surface area contributed by atoms with Gasteiger partial charge in [0.15, 0.2) is 0 Å². The van der Waals surface area contributed by atoms with Crippen LogP contribution in [0.3, 0.4) is 0 Å². The second-order valence-corrected chi connectivity index (χ2v) is 3.54. The molecule has 0 radical (unpaired) electrons. The van der Waals surface area contributed by atoms with Crippen LogP contribution in [0.1, 0.15) is 11.7 Å². The molecule has 2 heterocycles. The van der Waals surface area contributed by atoms with E-state index in [4.69, 9.17) is 4.42 Å². The molecule has 0 amide bonds. The largest absolute Gasteiger partial charge is 0.468 e. The lowest BCUT2D eigenvalue weighted by atomic mass is 9.97. The van der Waals surface area contributed by atoms with Crippen molar-refractivity contribution in [3.8, 4) is 0 Å². The molecular weight excluding hydrogens is 162 g/mol. The van der Waals surface area contributed by atoms with Crippen molar-refractivity contribution >= 4 is 10.8 Å². The molecule has 1 aliphatic heterocycles. The van der Waals surface area contributed by atoms with Gasteiger partial charge < -0.3 is 9.73 Å². The summed E-state index contributed by atoms with van der Waals surface area (Å²) in [5.41, 5.74) is 0. The molecule has 0 spiro atoms.